The zero-order valence-electron chi connectivity index (χ0n) is 25.1. The molecular formula is C42H24N4O. The van der Waals surface area contributed by atoms with Gasteiger partial charge in [0.15, 0.2) is 17.5 Å². The molecule has 47 heavy (non-hydrogen) atoms. The van der Waals surface area contributed by atoms with Gasteiger partial charge in [-0.3, -0.25) is 4.98 Å². The molecular weight excluding hydrogens is 576 g/mol. The topological polar surface area (TPSA) is 64.7 Å². The molecule has 0 aliphatic heterocycles. The van der Waals surface area contributed by atoms with E-state index in [1.807, 2.05) is 24.3 Å². The maximum absolute atomic E-state index is 6.24. The van der Waals surface area contributed by atoms with Crippen LogP contribution in [0.2, 0.25) is 0 Å². The number of hydrogen-bond acceptors (Lipinski definition) is 5. The van der Waals surface area contributed by atoms with Crippen molar-refractivity contribution in [1.29, 1.82) is 0 Å². The van der Waals surface area contributed by atoms with Gasteiger partial charge in [0.1, 0.15) is 16.9 Å². The predicted molar refractivity (Wildman–Crippen MR) is 191 cm³/mol. The molecule has 0 N–H and O–H groups in total. The van der Waals surface area contributed by atoms with E-state index in [1.54, 1.807) is 6.20 Å². The second-order valence-corrected chi connectivity index (χ2v) is 11.9. The summed E-state index contributed by atoms with van der Waals surface area (Å²) in [6.07, 6.45) is 1.76. The van der Waals surface area contributed by atoms with Crippen molar-refractivity contribution >= 4 is 65.0 Å². The van der Waals surface area contributed by atoms with Gasteiger partial charge in [-0.25, -0.2) is 15.0 Å². The van der Waals surface area contributed by atoms with Crippen LogP contribution in [0, 0.1) is 0 Å². The van der Waals surface area contributed by atoms with E-state index in [9.17, 15) is 0 Å². The molecule has 3 aromatic heterocycles. The van der Waals surface area contributed by atoms with Gasteiger partial charge >= 0.3 is 0 Å². The molecule has 0 fully saturated rings. The summed E-state index contributed by atoms with van der Waals surface area (Å²) in [5, 5.41) is 11.1. The third-order valence-electron chi connectivity index (χ3n) is 9.13. The van der Waals surface area contributed by atoms with E-state index >= 15 is 0 Å². The second-order valence-electron chi connectivity index (χ2n) is 11.9. The molecule has 5 heteroatoms. The van der Waals surface area contributed by atoms with Crippen LogP contribution in [0.3, 0.4) is 0 Å². The maximum atomic E-state index is 6.24. The molecule has 0 saturated carbocycles. The minimum atomic E-state index is 0.497. The predicted octanol–water partition coefficient (Wildman–Crippen LogP) is 10.8. The maximum Gasteiger partial charge on any atom is 0.183 e. The molecule has 0 bridgehead atoms. The van der Waals surface area contributed by atoms with Gasteiger partial charge in [0.05, 0.1) is 5.39 Å². The summed E-state index contributed by atoms with van der Waals surface area (Å²) in [6, 6.07) is 48.3. The summed E-state index contributed by atoms with van der Waals surface area (Å²) in [6.45, 7) is 0. The van der Waals surface area contributed by atoms with Gasteiger partial charge in [-0.2, -0.15) is 0 Å². The van der Waals surface area contributed by atoms with Crippen molar-refractivity contribution in [1.82, 2.24) is 19.9 Å². The van der Waals surface area contributed by atoms with Crippen LogP contribution in [0.1, 0.15) is 0 Å². The number of aromatic nitrogens is 4. The average molecular weight is 601 g/mol. The third-order valence-corrected chi connectivity index (χ3v) is 9.13. The Morgan fingerprint density at radius 1 is 0.404 bits per heavy atom. The van der Waals surface area contributed by atoms with Crippen LogP contribution in [0.25, 0.3) is 99.3 Å². The van der Waals surface area contributed by atoms with Crippen molar-refractivity contribution < 1.29 is 4.42 Å². The normalized spacial score (nSPS) is 11.8. The van der Waals surface area contributed by atoms with Crippen LogP contribution < -0.4 is 0 Å². The van der Waals surface area contributed by atoms with Crippen LogP contribution in [0.5, 0.6) is 0 Å². The first-order valence-electron chi connectivity index (χ1n) is 15.6. The van der Waals surface area contributed by atoms with Crippen molar-refractivity contribution in [2.45, 2.75) is 0 Å². The molecule has 10 aromatic rings. The van der Waals surface area contributed by atoms with Gasteiger partial charge in [-0.05, 0) is 62.0 Å². The average Bonchev–Trinajstić information content (AvgIpc) is 3.53. The summed E-state index contributed by atoms with van der Waals surface area (Å²) >= 11 is 0. The summed E-state index contributed by atoms with van der Waals surface area (Å²) in [4.78, 5) is 20.5. The number of hydrogen-bond donors (Lipinski definition) is 0. The highest BCUT2D eigenvalue weighted by molar-refractivity contribution is 6.22. The van der Waals surface area contributed by atoms with Crippen molar-refractivity contribution in [3.8, 4) is 34.3 Å². The quantitative estimate of drug-likeness (QED) is 0.189. The Morgan fingerprint density at radius 3 is 1.98 bits per heavy atom. The van der Waals surface area contributed by atoms with Crippen molar-refractivity contribution in [3.63, 3.8) is 0 Å². The van der Waals surface area contributed by atoms with Crippen LogP contribution in [-0.4, -0.2) is 19.9 Å². The fourth-order valence-corrected chi connectivity index (χ4v) is 6.96. The Balaban J connectivity index is 1.33. The lowest BCUT2D eigenvalue weighted by molar-refractivity contribution is 0.668. The molecule has 0 atom stereocenters. The SMILES string of the molecule is c1ccc2cc(-c3nc(-c4nccc5oc6ccccc6c45)nc(-c4cc5ccccc5c5ccc6ccccc6c45)n3)ccc2c1. The highest BCUT2D eigenvalue weighted by Gasteiger charge is 2.21. The zero-order chi connectivity index (χ0) is 30.9. The van der Waals surface area contributed by atoms with Crippen molar-refractivity contribution in [3.05, 3.63) is 146 Å². The first-order valence-corrected chi connectivity index (χ1v) is 15.6. The first kappa shape index (κ1) is 25.8. The molecule has 0 aliphatic rings. The Morgan fingerprint density at radius 2 is 1.09 bits per heavy atom. The first-order chi connectivity index (χ1) is 23.3. The van der Waals surface area contributed by atoms with Gasteiger partial charge in [-0.15, -0.1) is 0 Å². The molecule has 218 valence electrons. The van der Waals surface area contributed by atoms with E-state index in [0.717, 1.165) is 70.8 Å². The third kappa shape index (κ3) is 4.03. The molecule has 0 unspecified atom stereocenters. The molecule has 10 rings (SSSR count). The highest BCUT2D eigenvalue weighted by Crippen LogP contribution is 2.40. The molecule has 0 aliphatic carbocycles. The molecule has 0 saturated heterocycles. The number of furan rings is 1. The van der Waals surface area contributed by atoms with E-state index in [-0.39, 0.29) is 0 Å². The van der Waals surface area contributed by atoms with Crippen LogP contribution in [0.4, 0.5) is 0 Å². The van der Waals surface area contributed by atoms with E-state index in [2.05, 4.69) is 115 Å². The van der Waals surface area contributed by atoms with E-state index in [1.165, 1.54) is 5.39 Å². The van der Waals surface area contributed by atoms with Gasteiger partial charge in [0, 0.05) is 28.1 Å². The fraction of sp³-hybridized carbons (Fsp3) is 0. The molecule has 0 spiro atoms. The standard InChI is InChI=1S/C42H24N4O/c1-2-11-27-23-29(18-17-25(27)9-1)40-44-41(46-42(45-40)39-38-33-15-7-8-16-35(33)47-36(38)21-22-43-39)34-24-28-12-4-5-13-30(28)32-20-19-26-10-3-6-14-31(26)37(32)34/h1-24H. The fourth-order valence-electron chi connectivity index (χ4n) is 6.96. The van der Waals surface area contributed by atoms with Gasteiger partial charge in [-0.1, -0.05) is 115 Å². The minimum Gasteiger partial charge on any atom is -0.456 e. The smallest absolute Gasteiger partial charge is 0.183 e. The van der Waals surface area contributed by atoms with Crippen molar-refractivity contribution in [2.24, 2.45) is 0 Å². The number of nitrogens with zero attached hydrogens (tertiary/aromatic N) is 4. The number of para-hydroxylation sites is 1. The van der Waals surface area contributed by atoms with E-state index < -0.39 is 0 Å². The monoisotopic (exact) mass is 600 g/mol. The lowest BCUT2D eigenvalue weighted by Gasteiger charge is -2.14. The largest absolute Gasteiger partial charge is 0.456 e. The van der Waals surface area contributed by atoms with Gasteiger partial charge in [0.2, 0.25) is 0 Å². The Kier molecular flexibility index (Phi) is 5.51. The van der Waals surface area contributed by atoms with E-state index in [0.29, 0.717) is 23.2 Å². The summed E-state index contributed by atoms with van der Waals surface area (Å²) in [5.74, 6) is 1.68. The molecule has 7 aromatic carbocycles. The molecule has 0 amide bonds. The van der Waals surface area contributed by atoms with E-state index in [4.69, 9.17) is 24.4 Å². The molecule has 3 heterocycles. The number of fused-ring (bicyclic) bond motifs is 9. The Bertz CT molecular complexity index is 2870. The van der Waals surface area contributed by atoms with Gasteiger partial charge in [0.25, 0.3) is 0 Å². The Labute approximate surface area is 268 Å². The van der Waals surface area contributed by atoms with Crippen LogP contribution >= 0.6 is 0 Å². The number of benzene rings is 7. The lowest BCUT2D eigenvalue weighted by atomic mass is 9.92. The summed E-state index contributed by atoms with van der Waals surface area (Å²) in [5.41, 5.74) is 4.06. The highest BCUT2D eigenvalue weighted by atomic mass is 16.3. The number of pyridine rings is 1. The van der Waals surface area contributed by atoms with Crippen LogP contribution in [0.15, 0.2) is 150 Å². The Hall–Kier alpha value is -6.46. The summed E-state index contributed by atoms with van der Waals surface area (Å²) in [7, 11) is 0. The lowest BCUT2D eigenvalue weighted by Crippen LogP contribution is -2.02. The van der Waals surface area contributed by atoms with Crippen molar-refractivity contribution in [2.75, 3.05) is 0 Å². The molecule has 0 radical (unpaired) electrons. The van der Waals surface area contributed by atoms with Crippen LogP contribution in [-0.2, 0) is 0 Å². The minimum absolute atomic E-state index is 0.497. The summed E-state index contributed by atoms with van der Waals surface area (Å²) < 4.78 is 6.24. The molecule has 5 nitrogen and oxygen atoms in total. The second kappa shape index (κ2) is 10.0. The zero-order valence-corrected chi connectivity index (χ0v) is 25.1. The van der Waals surface area contributed by atoms with Gasteiger partial charge < -0.3 is 4.42 Å². The number of rotatable bonds is 3.